The van der Waals surface area contributed by atoms with Crippen LogP contribution in [0.5, 0.6) is 11.5 Å². The number of aromatic hydroxyl groups is 1. The van der Waals surface area contributed by atoms with Crippen molar-refractivity contribution < 1.29 is 14.6 Å². The van der Waals surface area contributed by atoms with Crippen molar-refractivity contribution in [2.24, 2.45) is 11.8 Å². The summed E-state index contributed by atoms with van der Waals surface area (Å²) in [5.74, 6) is 1.97. The molecule has 1 atom stereocenters. The van der Waals surface area contributed by atoms with Crippen LogP contribution >= 0.6 is 0 Å². The number of fused-ring (bicyclic) bond motifs is 1. The number of Topliss-reactive ketones (excluding diaryl/α,β-unsaturated/α-hetero) is 1. The van der Waals surface area contributed by atoms with Crippen LogP contribution in [-0.2, 0) is 12.8 Å². The topological polar surface area (TPSA) is 46.5 Å². The van der Waals surface area contributed by atoms with Crippen molar-refractivity contribution in [2.75, 3.05) is 6.61 Å². The first-order valence-electron chi connectivity index (χ1n) is 10.3. The second-order valence-electron chi connectivity index (χ2n) is 8.07. The minimum Gasteiger partial charge on any atom is -0.508 e. The van der Waals surface area contributed by atoms with Crippen molar-refractivity contribution in [1.29, 1.82) is 0 Å². The van der Waals surface area contributed by atoms with E-state index in [1.807, 2.05) is 24.3 Å². The predicted molar refractivity (Wildman–Crippen MR) is 106 cm³/mol. The summed E-state index contributed by atoms with van der Waals surface area (Å²) in [6.45, 7) is 0.705. The van der Waals surface area contributed by atoms with Gasteiger partial charge in [-0.15, -0.1) is 0 Å². The molecule has 0 bridgehead atoms. The zero-order chi connectivity index (χ0) is 18.6. The third kappa shape index (κ3) is 4.18. The van der Waals surface area contributed by atoms with Crippen LogP contribution in [0.2, 0.25) is 0 Å². The van der Waals surface area contributed by atoms with E-state index in [0.29, 0.717) is 13.0 Å². The summed E-state index contributed by atoms with van der Waals surface area (Å²) in [7, 11) is 0. The molecule has 0 spiro atoms. The van der Waals surface area contributed by atoms with Gasteiger partial charge in [-0.1, -0.05) is 56.4 Å². The molecule has 2 aliphatic carbocycles. The fraction of sp³-hybridized carbons (Fsp3) is 0.458. The van der Waals surface area contributed by atoms with E-state index >= 15 is 0 Å². The molecule has 3 nitrogen and oxygen atoms in total. The first-order valence-corrected chi connectivity index (χ1v) is 10.3. The number of rotatable bonds is 6. The van der Waals surface area contributed by atoms with Crippen molar-refractivity contribution in [2.45, 2.75) is 51.4 Å². The highest BCUT2D eigenvalue weighted by molar-refractivity contribution is 6.04. The van der Waals surface area contributed by atoms with Gasteiger partial charge >= 0.3 is 0 Å². The summed E-state index contributed by atoms with van der Waals surface area (Å²) < 4.78 is 6.08. The average molecular weight is 364 g/mol. The zero-order valence-corrected chi connectivity index (χ0v) is 15.8. The highest BCUT2D eigenvalue weighted by atomic mass is 16.5. The average Bonchev–Trinajstić information content (AvgIpc) is 3.01. The van der Waals surface area contributed by atoms with Gasteiger partial charge in [-0.2, -0.15) is 0 Å². The SMILES string of the molecule is O=C1c2c(cccc2OCCC2CCCCC2)CC1Cc1ccc(O)cc1. The fourth-order valence-electron chi connectivity index (χ4n) is 4.60. The lowest BCUT2D eigenvalue weighted by molar-refractivity contribution is 0.0932. The molecular formula is C24H28O3. The van der Waals surface area contributed by atoms with E-state index in [0.717, 1.165) is 41.2 Å². The third-order valence-corrected chi connectivity index (χ3v) is 6.12. The predicted octanol–water partition coefficient (Wildman–Crippen LogP) is 5.34. The normalized spacial score (nSPS) is 19.9. The Morgan fingerprint density at radius 2 is 1.78 bits per heavy atom. The summed E-state index contributed by atoms with van der Waals surface area (Å²) >= 11 is 0. The monoisotopic (exact) mass is 364 g/mol. The number of ether oxygens (including phenoxy) is 1. The van der Waals surface area contributed by atoms with Crippen LogP contribution in [0.25, 0.3) is 0 Å². The van der Waals surface area contributed by atoms with Crippen LogP contribution in [0.4, 0.5) is 0 Å². The quantitative estimate of drug-likeness (QED) is 0.753. The van der Waals surface area contributed by atoms with Crippen LogP contribution in [0.3, 0.4) is 0 Å². The van der Waals surface area contributed by atoms with Crippen LogP contribution in [-0.4, -0.2) is 17.5 Å². The maximum absolute atomic E-state index is 13.0. The first-order chi connectivity index (χ1) is 13.2. The Balaban J connectivity index is 1.40. The molecule has 3 heteroatoms. The molecule has 1 fully saturated rings. The van der Waals surface area contributed by atoms with Gasteiger partial charge in [0.2, 0.25) is 0 Å². The van der Waals surface area contributed by atoms with E-state index in [1.165, 1.54) is 32.1 Å². The van der Waals surface area contributed by atoms with Crippen LogP contribution in [0.15, 0.2) is 42.5 Å². The lowest BCUT2D eigenvalue weighted by atomic mass is 9.87. The van der Waals surface area contributed by atoms with Gasteiger partial charge in [-0.25, -0.2) is 0 Å². The Morgan fingerprint density at radius 1 is 1.00 bits per heavy atom. The number of benzene rings is 2. The van der Waals surface area contributed by atoms with Gasteiger partial charge in [0.05, 0.1) is 12.2 Å². The number of hydrogen-bond donors (Lipinski definition) is 1. The molecule has 0 saturated heterocycles. The van der Waals surface area contributed by atoms with Gasteiger partial charge in [-0.3, -0.25) is 4.79 Å². The third-order valence-electron chi connectivity index (χ3n) is 6.12. The van der Waals surface area contributed by atoms with E-state index < -0.39 is 0 Å². The molecule has 1 unspecified atom stereocenters. The fourth-order valence-corrected chi connectivity index (χ4v) is 4.60. The molecule has 2 aromatic carbocycles. The Morgan fingerprint density at radius 3 is 2.56 bits per heavy atom. The summed E-state index contributed by atoms with van der Waals surface area (Å²) in [6.07, 6.45) is 9.29. The molecule has 0 amide bonds. The van der Waals surface area contributed by atoms with Crippen LogP contribution in [0.1, 0.15) is 60.0 Å². The van der Waals surface area contributed by atoms with Crippen molar-refractivity contribution in [3.63, 3.8) is 0 Å². The number of carbonyl (C=O) groups excluding carboxylic acids is 1. The van der Waals surface area contributed by atoms with Crippen LogP contribution < -0.4 is 4.74 Å². The van der Waals surface area contributed by atoms with Gasteiger partial charge in [-0.05, 0) is 54.5 Å². The number of hydrogen-bond acceptors (Lipinski definition) is 3. The molecule has 0 aliphatic heterocycles. The van der Waals surface area contributed by atoms with Gasteiger partial charge in [0, 0.05) is 5.92 Å². The molecule has 2 aromatic rings. The minimum absolute atomic E-state index is 0.0346. The van der Waals surface area contributed by atoms with E-state index in [4.69, 9.17) is 4.74 Å². The Labute approximate surface area is 161 Å². The summed E-state index contributed by atoms with van der Waals surface area (Å²) in [6, 6.07) is 13.2. The lowest BCUT2D eigenvalue weighted by Gasteiger charge is -2.21. The Kier molecular flexibility index (Phi) is 5.47. The number of ketones is 1. The number of carbonyl (C=O) groups is 1. The van der Waals surface area contributed by atoms with E-state index in [1.54, 1.807) is 12.1 Å². The molecule has 1 N–H and O–H groups in total. The molecule has 27 heavy (non-hydrogen) atoms. The lowest BCUT2D eigenvalue weighted by Crippen LogP contribution is -2.14. The van der Waals surface area contributed by atoms with Gasteiger partial charge in [0.25, 0.3) is 0 Å². The molecule has 0 aromatic heterocycles. The second-order valence-corrected chi connectivity index (χ2v) is 8.07. The maximum Gasteiger partial charge on any atom is 0.170 e. The van der Waals surface area contributed by atoms with Crippen LogP contribution in [0, 0.1) is 11.8 Å². The first kappa shape index (κ1) is 18.1. The molecule has 2 aliphatic rings. The van der Waals surface area contributed by atoms with Gasteiger partial charge < -0.3 is 9.84 Å². The molecule has 0 radical (unpaired) electrons. The molecule has 142 valence electrons. The number of phenolic OH excluding ortho intramolecular Hbond substituents is 1. The summed E-state index contributed by atoms with van der Waals surface area (Å²) in [4.78, 5) is 13.0. The zero-order valence-electron chi connectivity index (χ0n) is 15.8. The van der Waals surface area contributed by atoms with E-state index in [-0.39, 0.29) is 17.5 Å². The molecule has 0 heterocycles. The summed E-state index contributed by atoms with van der Waals surface area (Å²) in [5, 5.41) is 9.44. The molecule has 1 saturated carbocycles. The smallest absolute Gasteiger partial charge is 0.170 e. The standard InChI is InChI=1S/C24H28O3/c25-21-11-9-18(10-12-21)15-20-16-19-7-4-8-22(23(19)24(20)26)27-14-13-17-5-2-1-3-6-17/h4,7-12,17,20,25H,1-3,5-6,13-16H2. The minimum atomic E-state index is -0.0346. The Hall–Kier alpha value is -2.29. The van der Waals surface area contributed by atoms with Crippen molar-refractivity contribution >= 4 is 5.78 Å². The van der Waals surface area contributed by atoms with E-state index in [9.17, 15) is 9.90 Å². The van der Waals surface area contributed by atoms with Crippen molar-refractivity contribution in [3.05, 3.63) is 59.2 Å². The van der Waals surface area contributed by atoms with Gasteiger partial charge in [0.15, 0.2) is 5.78 Å². The highest BCUT2D eigenvalue weighted by Crippen LogP contribution is 2.36. The Bertz CT molecular complexity index is 788. The van der Waals surface area contributed by atoms with Gasteiger partial charge in [0.1, 0.15) is 11.5 Å². The molecular weight excluding hydrogens is 336 g/mol. The maximum atomic E-state index is 13.0. The van der Waals surface area contributed by atoms with Crippen molar-refractivity contribution in [3.8, 4) is 11.5 Å². The largest absolute Gasteiger partial charge is 0.508 e. The number of phenols is 1. The highest BCUT2D eigenvalue weighted by Gasteiger charge is 2.33. The van der Waals surface area contributed by atoms with Crippen molar-refractivity contribution in [1.82, 2.24) is 0 Å². The molecule has 4 rings (SSSR count). The second kappa shape index (κ2) is 8.16. The summed E-state index contributed by atoms with van der Waals surface area (Å²) in [5.41, 5.74) is 2.99. The van der Waals surface area contributed by atoms with E-state index in [2.05, 4.69) is 6.07 Å².